The summed E-state index contributed by atoms with van der Waals surface area (Å²) >= 11 is 6.10. The van der Waals surface area contributed by atoms with E-state index < -0.39 is 29.4 Å². The topological polar surface area (TPSA) is 93.0 Å². The van der Waals surface area contributed by atoms with Crippen molar-refractivity contribution < 1.29 is 18.3 Å². The van der Waals surface area contributed by atoms with Gasteiger partial charge in [-0.3, -0.25) is 5.10 Å². The number of nitrogens with zero attached hydrogens (tertiary/aromatic N) is 1. The van der Waals surface area contributed by atoms with Crippen molar-refractivity contribution >= 4 is 28.6 Å². The zero-order valence-corrected chi connectivity index (χ0v) is 16.1. The lowest BCUT2D eigenvalue weighted by Gasteiger charge is -2.43. The van der Waals surface area contributed by atoms with Crippen molar-refractivity contribution in [3.05, 3.63) is 64.3 Å². The highest BCUT2D eigenvalue weighted by Gasteiger charge is 2.48. The van der Waals surface area contributed by atoms with Crippen molar-refractivity contribution in [2.24, 2.45) is 5.73 Å². The molecule has 2 aromatic carbocycles. The minimum Gasteiger partial charge on any atom is -0.431 e. The summed E-state index contributed by atoms with van der Waals surface area (Å²) in [4.78, 5) is 12.0. The van der Waals surface area contributed by atoms with Gasteiger partial charge in [0.25, 0.3) is 0 Å². The van der Waals surface area contributed by atoms with E-state index in [1.54, 1.807) is 0 Å². The number of nitrogens with one attached hydrogen (secondary N) is 2. The Kier molecular flexibility index (Phi) is 5.14. The fourth-order valence-electron chi connectivity index (χ4n) is 4.10. The van der Waals surface area contributed by atoms with E-state index in [-0.39, 0.29) is 16.1 Å². The maximum atomic E-state index is 15.3. The number of H-pyrrole nitrogens is 1. The summed E-state index contributed by atoms with van der Waals surface area (Å²) in [6, 6.07) is 6.03. The molecule has 2 heterocycles. The zero-order chi connectivity index (χ0) is 20.6. The number of benzene rings is 2. The molecule has 0 spiro atoms. The molecular weight excluding hydrogens is 402 g/mol. The Balaban J connectivity index is 2.04. The predicted molar refractivity (Wildman–Crippen MR) is 105 cm³/mol. The van der Waals surface area contributed by atoms with Gasteiger partial charge in [-0.05, 0) is 49.7 Å². The quantitative estimate of drug-likeness (QED) is 0.595. The van der Waals surface area contributed by atoms with E-state index in [1.165, 1.54) is 30.5 Å². The molecule has 1 saturated heterocycles. The van der Waals surface area contributed by atoms with E-state index >= 15 is 4.39 Å². The van der Waals surface area contributed by atoms with Gasteiger partial charge in [0.2, 0.25) is 0 Å². The van der Waals surface area contributed by atoms with Crippen molar-refractivity contribution in [3.63, 3.8) is 0 Å². The van der Waals surface area contributed by atoms with Crippen LogP contribution in [0.4, 0.5) is 13.6 Å². The summed E-state index contributed by atoms with van der Waals surface area (Å²) in [5.41, 5.74) is 4.43. The number of primary amides is 1. The summed E-state index contributed by atoms with van der Waals surface area (Å²) in [5, 5.41) is 10.6. The molecule has 9 heteroatoms. The Bertz CT molecular complexity index is 1050. The van der Waals surface area contributed by atoms with Gasteiger partial charge >= 0.3 is 6.09 Å². The number of aromatic nitrogens is 2. The molecule has 1 fully saturated rings. The lowest BCUT2D eigenvalue weighted by Crippen LogP contribution is -2.55. The van der Waals surface area contributed by atoms with Crippen molar-refractivity contribution in [1.29, 1.82) is 0 Å². The second-order valence-electron chi connectivity index (χ2n) is 7.11. The van der Waals surface area contributed by atoms with Gasteiger partial charge in [0.15, 0.2) is 5.60 Å². The predicted octanol–water partition coefficient (Wildman–Crippen LogP) is 3.98. The van der Waals surface area contributed by atoms with Crippen LogP contribution in [0.5, 0.6) is 0 Å². The van der Waals surface area contributed by atoms with Gasteiger partial charge in [0.05, 0.1) is 17.8 Å². The Morgan fingerprint density at radius 1 is 1.24 bits per heavy atom. The molecular formula is C20H19ClF2N4O2. The first-order chi connectivity index (χ1) is 13.9. The van der Waals surface area contributed by atoms with Gasteiger partial charge in [-0.2, -0.15) is 5.10 Å². The fraction of sp³-hybridized carbons (Fsp3) is 0.300. The average molecular weight is 421 g/mol. The monoisotopic (exact) mass is 420 g/mol. The number of hydrogen-bond donors (Lipinski definition) is 3. The van der Waals surface area contributed by atoms with Crippen LogP contribution < -0.4 is 11.1 Å². The van der Waals surface area contributed by atoms with E-state index in [0.29, 0.717) is 23.9 Å². The molecule has 2 atom stereocenters. The lowest BCUT2D eigenvalue weighted by atomic mass is 9.76. The largest absolute Gasteiger partial charge is 0.431 e. The number of nitrogens with two attached hydrogens (primary N) is 1. The molecule has 152 valence electrons. The van der Waals surface area contributed by atoms with Gasteiger partial charge in [0.1, 0.15) is 11.6 Å². The summed E-state index contributed by atoms with van der Waals surface area (Å²) in [7, 11) is 0. The van der Waals surface area contributed by atoms with Gasteiger partial charge in [-0.15, -0.1) is 0 Å². The number of aromatic amines is 1. The average Bonchev–Trinajstić information content (AvgIpc) is 3.12. The smallest absolute Gasteiger partial charge is 0.405 e. The first kappa shape index (κ1) is 19.6. The highest BCUT2D eigenvalue weighted by molar-refractivity contribution is 6.30. The van der Waals surface area contributed by atoms with E-state index in [1.807, 2.05) is 0 Å². The van der Waals surface area contributed by atoms with E-state index in [0.717, 1.165) is 18.9 Å². The van der Waals surface area contributed by atoms with Gasteiger partial charge in [-0.1, -0.05) is 18.0 Å². The van der Waals surface area contributed by atoms with E-state index in [4.69, 9.17) is 22.1 Å². The number of rotatable bonds is 4. The fourth-order valence-corrected chi connectivity index (χ4v) is 4.33. The number of carbonyl (C=O) groups is 1. The third-order valence-corrected chi connectivity index (χ3v) is 5.50. The summed E-state index contributed by atoms with van der Waals surface area (Å²) in [6.45, 7) is 0.632. The first-order valence-corrected chi connectivity index (χ1v) is 9.59. The lowest BCUT2D eigenvalue weighted by molar-refractivity contribution is 0.00408. The molecule has 0 bridgehead atoms. The van der Waals surface area contributed by atoms with Crippen molar-refractivity contribution in [2.45, 2.75) is 30.9 Å². The zero-order valence-electron chi connectivity index (χ0n) is 15.3. The number of piperidine rings is 1. The number of carbonyl (C=O) groups excluding carboxylic acids is 1. The molecule has 0 aliphatic carbocycles. The van der Waals surface area contributed by atoms with Gasteiger partial charge < -0.3 is 15.8 Å². The van der Waals surface area contributed by atoms with Crippen LogP contribution in [0.2, 0.25) is 5.02 Å². The number of hydrogen-bond acceptors (Lipinski definition) is 4. The molecule has 29 heavy (non-hydrogen) atoms. The molecule has 1 amide bonds. The molecule has 1 aliphatic rings. The van der Waals surface area contributed by atoms with Crippen LogP contribution in [0.3, 0.4) is 0 Å². The first-order valence-electron chi connectivity index (χ1n) is 9.21. The maximum Gasteiger partial charge on any atom is 0.405 e. The van der Waals surface area contributed by atoms with E-state index in [2.05, 4.69) is 15.5 Å². The molecule has 4 N–H and O–H groups in total. The SMILES string of the molecule is NC(=O)OC(c1cc(F)cc(Cl)c1)(c1cc2cn[nH]c2cc1F)C1CCCCN1. The van der Waals surface area contributed by atoms with Crippen LogP contribution in [0, 0.1) is 11.6 Å². The Morgan fingerprint density at radius 2 is 2.07 bits per heavy atom. The Morgan fingerprint density at radius 3 is 2.76 bits per heavy atom. The standard InChI is InChI=1S/C20H19ClF2N4O2/c21-13-6-12(7-14(22)8-13)20(29-19(24)28,18-3-1-2-4-25-18)15-5-11-10-26-27-17(11)9-16(15)23/h5-10,18,25H,1-4H2,(H2,24,28)(H,26,27). The summed E-state index contributed by atoms with van der Waals surface area (Å²) < 4.78 is 35.3. The van der Waals surface area contributed by atoms with Crippen molar-refractivity contribution in [3.8, 4) is 0 Å². The minimum absolute atomic E-state index is 0.0475. The van der Waals surface area contributed by atoms with Crippen LogP contribution >= 0.6 is 11.6 Å². The van der Waals surface area contributed by atoms with Crippen LogP contribution in [-0.2, 0) is 10.3 Å². The molecule has 6 nitrogen and oxygen atoms in total. The third kappa shape index (κ3) is 3.54. The van der Waals surface area contributed by atoms with Gasteiger partial charge in [-0.25, -0.2) is 13.6 Å². The highest BCUT2D eigenvalue weighted by atomic mass is 35.5. The summed E-state index contributed by atoms with van der Waals surface area (Å²) in [5.74, 6) is -1.28. The molecule has 3 aromatic rings. The summed E-state index contributed by atoms with van der Waals surface area (Å²) in [6.07, 6.45) is 2.71. The molecule has 4 rings (SSSR count). The van der Waals surface area contributed by atoms with Crippen LogP contribution in [-0.4, -0.2) is 28.9 Å². The van der Waals surface area contributed by atoms with Crippen LogP contribution in [0.15, 0.2) is 36.5 Å². The number of ether oxygens (including phenoxy) is 1. The molecule has 2 unspecified atom stereocenters. The second kappa shape index (κ2) is 7.61. The number of fused-ring (bicyclic) bond motifs is 1. The van der Waals surface area contributed by atoms with Gasteiger partial charge in [0, 0.05) is 21.5 Å². The molecule has 1 aromatic heterocycles. The van der Waals surface area contributed by atoms with E-state index in [9.17, 15) is 9.18 Å². The number of amides is 1. The van der Waals surface area contributed by atoms with Crippen molar-refractivity contribution in [1.82, 2.24) is 15.5 Å². The minimum atomic E-state index is -1.71. The second-order valence-corrected chi connectivity index (χ2v) is 7.54. The molecule has 1 aliphatic heterocycles. The Hall–Kier alpha value is -2.71. The Labute approximate surface area is 170 Å². The molecule has 0 saturated carbocycles. The van der Waals surface area contributed by atoms with Crippen LogP contribution in [0.25, 0.3) is 10.9 Å². The maximum absolute atomic E-state index is 15.3. The number of halogens is 3. The van der Waals surface area contributed by atoms with Crippen LogP contribution in [0.1, 0.15) is 30.4 Å². The van der Waals surface area contributed by atoms with Crippen molar-refractivity contribution in [2.75, 3.05) is 6.54 Å². The third-order valence-electron chi connectivity index (χ3n) is 5.28. The molecule has 0 radical (unpaired) electrons. The highest BCUT2D eigenvalue weighted by Crippen LogP contribution is 2.43. The normalized spacial score (nSPS) is 19.1.